The highest BCUT2D eigenvalue weighted by Gasteiger charge is 2.24. The van der Waals surface area contributed by atoms with Gasteiger partial charge in [0.05, 0.1) is 12.3 Å². The fraction of sp³-hybridized carbons (Fsp3) is 0.429. The summed E-state index contributed by atoms with van der Waals surface area (Å²) < 4.78 is 1.54. The third-order valence-electron chi connectivity index (χ3n) is 3.70. The number of aliphatic hydroxyl groups excluding tert-OH is 1. The molecule has 0 bridgehead atoms. The minimum Gasteiger partial charge on any atom is -0.395 e. The van der Waals surface area contributed by atoms with Gasteiger partial charge in [0.1, 0.15) is 5.65 Å². The fourth-order valence-corrected chi connectivity index (χ4v) is 2.70. The molecule has 0 saturated carbocycles. The van der Waals surface area contributed by atoms with Crippen molar-refractivity contribution < 1.29 is 5.11 Å². The Kier molecular flexibility index (Phi) is 3.31. The molecule has 1 N–H and O–H groups in total. The van der Waals surface area contributed by atoms with Crippen molar-refractivity contribution in [1.82, 2.24) is 14.3 Å². The molecule has 3 heterocycles. The summed E-state index contributed by atoms with van der Waals surface area (Å²) in [4.78, 5) is 18.7. The Labute approximate surface area is 111 Å². The molecule has 1 saturated heterocycles. The molecule has 0 amide bonds. The summed E-state index contributed by atoms with van der Waals surface area (Å²) in [5.74, 6) is 0. The minimum absolute atomic E-state index is 0.0552. The van der Waals surface area contributed by atoms with E-state index in [9.17, 15) is 9.90 Å². The van der Waals surface area contributed by atoms with Crippen molar-refractivity contribution in [3.63, 3.8) is 0 Å². The first-order chi connectivity index (χ1) is 9.28. The van der Waals surface area contributed by atoms with Gasteiger partial charge >= 0.3 is 0 Å². The van der Waals surface area contributed by atoms with Gasteiger partial charge in [-0.2, -0.15) is 0 Å². The van der Waals surface area contributed by atoms with Crippen LogP contribution in [0.2, 0.25) is 0 Å². The highest BCUT2D eigenvalue weighted by molar-refractivity contribution is 5.37. The van der Waals surface area contributed by atoms with E-state index in [4.69, 9.17) is 0 Å². The summed E-state index contributed by atoms with van der Waals surface area (Å²) in [6, 6.07) is 7.31. The van der Waals surface area contributed by atoms with Crippen LogP contribution in [0.25, 0.3) is 5.65 Å². The summed E-state index contributed by atoms with van der Waals surface area (Å²) in [5, 5.41) is 9.31. The first-order valence-corrected chi connectivity index (χ1v) is 6.60. The van der Waals surface area contributed by atoms with Crippen LogP contribution in [0, 0.1) is 0 Å². The van der Waals surface area contributed by atoms with Crippen LogP contribution < -0.4 is 5.56 Å². The van der Waals surface area contributed by atoms with Crippen LogP contribution in [-0.2, 0) is 6.54 Å². The molecule has 5 heteroatoms. The van der Waals surface area contributed by atoms with Gasteiger partial charge in [-0.05, 0) is 31.5 Å². The molecule has 2 aromatic heterocycles. The molecule has 1 atom stereocenters. The number of nitrogens with zero attached hydrogens (tertiary/aromatic N) is 3. The van der Waals surface area contributed by atoms with Gasteiger partial charge in [-0.15, -0.1) is 0 Å². The normalized spacial score (nSPS) is 20.2. The molecule has 0 radical (unpaired) electrons. The number of aromatic nitrogens is 2. The summed E-state index contributed by atoms with van der Waals surface area (Å²) in [6.45, 7) is 1.76. The lowest BCUT2D eigenvalue weighted by Gasteiger charge is -2.22. The number of pyridine rings is 1. The Morgan fingerprint density at radius 1 is 1.42 bits per heavy atom. The van der Waals surface area contributed by atoms with E-state index in [-0.39, 0.29) is 18.2 Å². The topological polar surface area (TPSA) is 57.8 Å². The Hall–Kier alpha value is -1.72. The van der Waals surface area contributed by atoms with Gasteiger partial charge in [-0.3, -0.25) is 14.1 Å². The maximum atomic E-state index is 12.0. The lowest BCUT2D eigenvalue weighted by molar-refractivity contribution is 0.152. The molecule has 0 aliphatic carbocycles. The molecule has 0 aromatic carbocycles. The van der Waals surface area contributed by atoms with Crippen molar-refractivity contribution in [3.05, 3.63) is 46.5 Å². The third kappa shape index (κ3) is 2.39. The molecule has 1 fully saturated rings. The summed E-state index contributed by atoms with van der Waals surface area (Å²) in [6.07, 6.45) is 3.84. The van der Waals surface area contributed by atoms with E-state index in [0.717, 1.165) is 25.1 Å². The van der Waals surface area contributed by atoms with Crippen LogP contribution in [0.15, 0.2) is 35.3 Å². The zero-order valence-electron chi connectivity index (χ0n) is 10.7. The van der Waals surface area contributed by atoms with Gasteiger partial charge in [-0.25, -0.2) is 4.98 Å². The second-order valence-electron chi connectivity index (χ2n) is 4.96. The SMILES string of the molecule is O=c1cc(CN2CCC[C@@H]2CO)nc2ccccn12. The molecule has 1 aliphatic rings. The summed E-state index contributed by atoms with van der Waals surface area (Å²) in [5.41, 5.74) is 1.39. The van der Waals surface area contributed by atoms with Gasteiger partial charge in [0.2, 0.25) is 0 Å². The Morgan fingerprint density at radius 3 is 3.16 bits per heavy atom. The van der Waals surface area contributed by atoms with Crippen molar-refractivity contribution in [2.24, 2.45) is 0 Å². The fourth-order valence-electron chi connectivity index (χ4n) is 2.70. The zero-order valence-corrected chi connectivity index (χ0v) is 10.7. The van der Waals surface area contributed by atoms with Gasteiger partial charge in [0.25, 0.3) is 5.56 Å². The first kappa shape index (κ1) is 12.3. The van der Waals surface area contributed by atoms with Crippen molar-refractivity contribution in [3.8, 4) is 0 Å². The predicted octanol–water partition coefficient (Wildman–Crippen LogP) is 0.651. The number of likely N-dealkylation sites (tertiary alicyclic amines) is 1. The number of hydrogen-bond donors (Lipinski definition) is 1. The third-order valence-corrected chi connectivity index (χ3v) is 3.70. The average molecular weight is 259 g/mol. The second-order valence-corrected chi connectivity index (χ2v) is 4.96. The van der Waals surface area contributed by atoms with Crippen LogP contribution in [-0.4, -0.2) is 38.6 Å². The van der Waals surface area contributed by atoms with Crippen LogP contribution in [0.1, 0.15) is 18.5 Å². The first-order valence-electron chi connectivity index (χ1n) is 6.60. The van der Waals surface area contributed by atoms with Gasteiger partial charge in [-0.1, -0.05) is 6.07 Å². The van der Waals surface area contributed by atoms with E-state index in [1.807, 2.05) is 18.2 Å². The molecular weight excluding hydrogens is 242 g/mol. The van der Waals surface area contributed by atoms with Crippen molar-refractivity contribution in [2.75, 3.05) is 13.2 Å². The van der Waals surface area contributed by atoms with E-state index in [1.165, 1.54) is 4.40 Å². The summed E-state index contributed by atoms with van der Waals surface area (Å²) in [7, 11) is 0. The van der Waals surface area contributed by atoms with Crippen LogP contribution >= 0.6 is 0 Å². The van der Waals surface area contributed by atoms with E-state index >= 15 is 0 Å². The largest absolute Gasteiger partial charge is 0.395 e. The Morgan fingerprint density at radius 2 is 2.32 bits per heavy atom. The zero-order chi connectivity index (χ0) is 13.2. The van der Waals surface area contributed by atoms with E-state index in [2.05, 4.69) is 9.88 Å². The lowest BCUT2D eigenvalue weighted by atomic mass is 10.2. The summed E-state index contributed by atoms with van der Waals surface area (Å²) >= 11 is 0. The number of hydrogen-bond acceptors (Lipinski definition) is 4. The second kappa shape index (κ2) is 5.11. The predicted molar refractivity (Wildman–Crippen MR) is 72.0 cm³/mol. The highest BCUT2D eigenvalue weighted by Crippen LogP contribution is 2.18. The minimum atomic E-state index is -0.0552. The van der Waals surface area contributed by atoms with Crippen molar-refractivity contribution >= 4 is 5.65 Å². The van der Waals surface area contributed by atoms with Crippen molar-refractivity contribution in [1.29, 1.82) is 0 Å². The van der Waals surface area contributed by atoms with Crippen LogP contribution in [0.4, 0.5) is 0 Å². The van der Waals surface area contributed by atoms with Gasteiger partial charge in [0.15, 0.2) is 0 Å². The van der Waals surface area contributed by atoms with Crippen molar-refractivity contribution in [2.45, 2.75) is 25.4 Å². The van der Waals surface area contributed by atoms with Crippen LogP contribution in [0.3, 0.4) is 0 Å². The smallest absolute Gasteiger partial charge is 0.258 e. The molecule has 100 valence electrons. The maximum absolute atomic E-state index is 12.0. The molecule has 0 unspecified atom stereocenters. The van der Waals surface area contributed by atoms with E-state index in [0.29, 0.717) is 12.2 Å². The van der Waals surface area contributed by atoms with Crippen LogP contribution in [0.5, 0.6) is 0 Å². The van der Waals surface area contributed by atoms with E-state index in [1.54, 1.807) is 12.3 Å². The molecule has 2 aromatic rings. The quantitative estimate of drug-likeness (QED) is 0.879. The number of rotatable bonds is 3. The standard InChI is InChI=1S/C14H17N3O2/c18-10-12-4-3-6-16(12)9-11-8-14(19)17-7-2-1-5-13(17)15-11/h1-2,5,7-8,12,18H,3-4,6,9-10H2/t12-/m1/s1. The highest BCUT2D eigenvalue weighted by atomic mass is 16.3. The monoisotopic (exact) mass is 259 g/mol. The molecule has 19 heavy (non-hydrogen) atoms. The lowest BCUT2D eigenvalue weighted by Crippen LogP contribution is -2.32. The van der Waals surface area contributed by atoms with E-state index < -0.39 is 0 Å². The van der Waals surface area contributed by atoms with Gasteiger partial charge in [0, 0.05) is 24.8 Å². The average Bonchev–Trinajstić information content (AvgIpc) is 2.86. The van der Waals surface area contributed by atoms with Gasteiger partial charge < -0.3 is 5.11 Å². The number of fused-ring (bicyclic) bond motifs is 1. The molecule has 3 rings (SSSR count). The molecule has 1 aliphatic heterocycles. The molecule has 0 spiro atoms. The maximum Gasteiger partial charge on any atom is 0.258 e. The Bertz CT molecular complexity index is 638. The molecular formula is C14H17N3O2. The molecule has 5 nitrogen and oxygen atoms in total. The number of aliphatic hydroxyl groups is 1. The Balaban J connectivity index is 1.91.